The number of halogens is 3. The number of anilines is 1. The molecule has 0 spiro atoms. The average Bonchev–Trinajstić information content (AvgIpc) is 3.05. The fourth-order valence-electron chi connectivity index (χ4n) is 3.45. The minimum absolute atomic E-state index is 0.0352. The van der Waals surface area contributed by atoms with Crippen molar-refractivity contribution < 1.29 is 13.2 Å². The van der Waals surface area contributed by atoms with Crippen LogP contribution in [0.3, 0.4) is 0 Å². The van der Waals surface area contributed by atoms with Gasteiger partial charge in [0.2, 0.25) is 5.95 Å². The molecule has 0 radical (unpaired) electrons. The molecule has 152 valence electrons. The van der Waals surface area contributed by atoms with E-state index in [0.717, 1.165) is 25.6 Å². The number of piperidine rings is 1. The minimum Gasteiger partial charge on any atom is -0.350 e. The van der Waals surface area contributed by atoms with Gasteiger partial charge in [0.05, 0.1) is 5.69 Å². The molecule has 0 amide bonds. The summed E-state index contributed by atoms with van der Waals surface area (Å²) in [5.41, 5.74) is -1.12. The number of nitrogens with zero attached hydrogens (tertiary/aromatic N) is 4. The highest BCUT2D eigenvalue weighted by Crippen LogP contribution is 2.39. The third-order valence-electron chi connectivity index (χ3n) is 4.94. The summed E-state index contributed by atoms with van der Waals surface area (Å²) < 4.78 is 42.3. The summed E-state index contributed by atoms with van der Waals surface area (Å²) >= 11 is 0. The van der Waals surface area contributed by atoms with E-state index in [1.807, 2.05) is 0 Å². The first-order valence-electron chi connectivity index (χ1n) is 9.21. The number of aromatic nitrogens is 4. The molecule has 0 saturated carbocycles. The number of hydrogen-bond acceptors (Lipinski definition) is 6. The highest BCUT2D eigenvalue weighted by molar-refractivity contribution is 5.83. The first-order valence-corrected chi connectivity index (χ1v) is 9.21. The van der Waals surface area contributed by atoms with Crippen LogP contribution in [0.5, 0.6) is 0 Å². The Bertz CT molecular complexity index is 1060. The van der Waals surface area contributed by atoms with E-state index in [1.165, 1.54) is 17.0 Å². The van der Waals surface area contributed by atoms with Crippen molar-refractivity contribution in [3.05, 3.63) is 46.6 Å². The van der Waals surface area contributed by atoms with Crippen molar-refractivity contribution in [2.45, 2.75) is 25.1 Å². The predicted octanol–water partition coefficient (Wildman–Crippen LogP) is 2.52. The number of hydrogen-bond donors (Lipinski definition) is 2. The summed E-state index contributed by atoms with van der Waals surface area (Å²) in [5.74, 6) is 0.115. The molecule has 1 aromatic rings. The normalized spacial score (nSPS) is 17.4. The maximum absolute atomic E-state index is 13.7. The van der Waals surface area contributed by atoms with Crippen molar-refractivity contribution in [2.24, 2.45) is 7.05 Å². The lowest BCUT2D eigenvalue weighted by Crippen LogP contribution is -2.38. The van der Waals surface area contributed by atoms with Gasteiger partial charge in [-0.15, -0.1) is 0 Å². The molecule has 0 unspecified atom stereocenters. The molecule has 0 aromatic carbocycles. The molecule has 1 atom stereocenters. The van der Waals surface area contributed by atoms with Crippen LogP contribution >= 0.6 is 0 Å². The molecule has 2 N–H and O–H groups in total. The number of nitrogens with one attached hydrogen (secondary N) is 2. The van der Waals surface area contributed by atoms with Crippen LogP contribution in [-0.4, -0.2) is 38.7 Å². The molecule has 0 aliphatic carbocycles. The Morgan fingerprint density at radius 1 is 1.21 bits per heavy atom. The van der Waals surface area contributed by atoms with Gasteiger partial charge in [0.25, 0.3) is 5.56 Å². The largest absolute Gasteiger partial charge is 0.419 e. The topological polar surface area (TPSA) is 84.7 Å². The van der Waals surface area contributed by atoms with E-state index in [4.69, 9.17) is 0 Å². The fourth-order valence-corrected chi connectivity index (χ4v) is 3.45. The van der Waals surface area contributed by atoms with Crippen molar-refractivity contribution in [1.82, 2.24) is 24.8 Å². The standard InChI is InChI=1S/C19H19F3N6O/c1-28-7-3-5-12-13(9-24-16(12)17(28)29)15-14(19(20,21)22)10-25-18(27-15)26-11-4-2-6-23-8-11/h3,5,7,9-11,23H,2,4,6,8H2,1H3,(H,25,26,27)/t11-/m0/s1. The van der Waals surface area contributed by atoms with Gasteiger partial charge >= 0.3 is 6.18 Å². The van der Waals surface area contributed by atoms with E-state index in [2.05, 4.69) is 25.6 Å². The Morgan fingerprint density at radius 2 is 2.03 bits per heavy atom. The zero-order valence-electron chi connectivity index (χ0n) is 15.6. The van der Waals surface area contributed by atoms with Gasteiger partial charge in [-0.1, -0.05) is 6.07 Å². The van der Waals surface area contributed by atoms with Gasteiger partial charge in [0.15, 0.2) is 0 Å². The third kappa shape index (κ3) is 3.80. The van der Waals surface area contributed by atoms with Crippen LogP contribution in [0.4, 0.5) is 19.1 Å². The maximum Gasteiger partial charge on any atom is 0.419 e. The smallest absolute Gasteiger partial charge is 0.350 e. The molecule has 4 rings (SSSR count). The van der Waals surface area contributed by atoms with Crippen molar-refractivity contribution in [1.29, 1.82) is 0 Å². The Kier molecular flexibility index (Phi) is 4.95. The van der Waals surface area contributed by atoms with Crippen molar-refractivity contribution in [3.63, 3.8) is 0 Å². The number of fused-ring (bicyclic) bond motifs is 1. The highest BCUT2D eigenvalue weighted by Gasteiger charge is 2.37. The van der Waals surface area contributed by atoms with Gasteiger partial charge in [-0.05, 0) is 25.5 Å². The number of aryl methyl sites for hydroxylation is 1. The van der Waals surface area contributed by atoms with E-state index in [9.17, 15) is 18.0 Å². The number of rotatable bonds is 3. The summed E-state index contributed by atoms with van der Waals surface area (Å²) in [6, 6.07) is 3.20. The molecule has 1 aromatic heterocycles. The Morgan fingerprint density at radius 3 is 2.76 bits per heavy atom. The Balaban J connectivity index is 1.82. The summed E-state index contributed by atoms with van der Waals surface area (Å²) in [6.45, 7) is 1.60. The van der Waals surface area contributed by atoms with Crippen LogP contribution in [0.2, 0.25) is 0 Å². The van der Waals surface area contributed by atoms with Crippen LogP contribution in [0.1, 0.15) is 18.4 Å². The maximum atomic E-state index is 13.7. The second kappa shape index (κ2) is 7.43. The van der Waals surface area contributed by atoms with Crippen molar-refractivity contribution in [2.75, 3.05) is 18.4 Å². The molecular formula is C19H19F3N6O. The van der Waals surface area contributed by atoms with Crippen LogP contribution in [0.15, 0.2) is 35.5 Å². The first kappa shape index (κ1) is 19.3. The lowest BCUT2D eigenvalue weighted by Gasteiger charge is -2.24. The Hall–Kier alpha value is -3.01. The van der Waals surface area contributed by atoms with E-state index in [0.29, 0.717) is 12.1 Å². The lowest BCUT2D eigenvalue weighted by molar-refractivity contribution is -0.137. The van der Waals surface area contributed by atoms with Gasteiger partial charge in [0, 0.05) is 49.4 Å². The monoisotopic (exact) mass is 404 g/mol. The average molecular weight is 404 g/mol. The quantitative estimate of drug-likeness (QED) is 0.698. The molecule has 3 aliphatic rings. The summed E-state index contributed by atoms with van der Waals surface area (Å²) in [4.78, 5) is 24.5. The van der Waals surface area contributed by atoms with Gasteiger partial charge in [0.1, 0.15) is 11.3 Å². The van der Waals surface area contributed by atoms with Crippen molar-refractivity contribution >= 4 is 5.95 Å². The molecule has 10 heteroatoms. The summed E-state index contributed by atoms with van der Waals surface area (Å²) in [7, 11) is 1.56. The molecule has 4 heterocycles. The second-order valence-electron chi connectivity index (χ2n) is 7.00. The second-order valence-corrected chi connectivity index (χ2v) is 7.00. The van der Waals surface area contributed by atoms with E-state index >= 15 is 0 Å². The zero-order chi connectivity index (χ0) is 20.6. The van der Waals surface area contributed by atoms with Gasteiger partial charge in [-0.25, -0.2) is 15.0 Å². The third-order valence-corrected chi connectivity index (χ3v) is 4.94. The number of alkyl halides is 3. The molecule has 0 bridgehead atoms. The molecule has 7 nitrogen and oxygen atoms in total. The fraction of sp³-hybridized carbons (Fsp3) is 0.368. The van der Waals surface area contributed by atoms with E-state index in [-0.39, 0.29) is 28.9 Å². The molecular weight excluding hydrogens is 385 g/mol. The molecule has 1 saturated heterocycles. The van der Waals surface area contributed by atoms with Crippen LogP contribution < -0.4 is 16.2 Å². The van der Waals surface area contributed by atoms with Crippen LogP contribution in [0.25, 0.3) is 22.5 Å². The van der Waals surface area contributed by atoms with Gasteiger partial charge < -0.3 is 15.2 Å². The van der Waals surface area contributed by atoms with Gasteiger partial charge in [-0.2, -0.15) is 13.2 Å². The highest BCUT2D eigenvalue weighted by atomic mass is 19.4. The van der Waals surface area contributed by atoms with E-state index in [1.54, 1.807) is 19.2 Å². The van der Waals surface area contributed by atoms with Crippen molar-refractivity contribution in [3.8, 4) is 22.5 Å². The van der Waals surface area contributed by atoms with Crippen LogP contribution in [0, 0.1) is 0 Å². The van der Waals surface area contributed by atoms with E-state index < -0.39 is 17.3 Å². The molecule has 29 heavy (non-hydrogen) atoms. The van der Waals surface area contributed by atoms with Gasteiger partial charge in [-0.3, -0.25) is 4.79 Å². The summed E-state index contributed by atoms with van der Waals surface area (Å²) in [6.07, 6.45) is 0.755. The first-order chi connectivity index (χ1) is 13.8. The zero-order valence-corrected chi connectivity index (χ0v) is 15.6. The summed E-state index contributed by atoms with van der Waals surface area (Å²) in [5, 5.41) is 6.33. The lowest BCUT2D eigenvalue weighted by atomic mass is 10.0. The minimum atomic E-state index is -4.65. The predicted molar refractivity (Wildman–Crippen MR) is 102 cm³/mol. The molecule has 1 fully saturated rings. The SMILES string of the molecule is Cn1cccc2c(-c3nc(N[C@H]4CCCNC4)ncc3C(F)(F)F)cnc-2c1=O. The van der Waals surface area contributed by atoms with Crippen LogP contribution in [-0.2, 0) is 13.2 Å². The molecule has 3 aliphatic heterocycles. The Labute approximate surface area is 164 Å².